The first-order valence-electron chi connectivity index (χ1n) is 7.31. The molecule has 0 bridgehead atoms. The molecule has 4 rings (SSSR count). The Morgan fingerprint density at radius 2 is 2.24 bits per heavy atom. The van der Waals surface area contributed by atoms with Crippen molar-refractivity contribution in [2.75, 3.05) is 13.6 Å². The molecule has 1 unspecified atom stereocenters. The fourth-order valence-electron chi connectivity index (χ4n) is 3.88. The molecular weight excluding hydrogens is 264 g/mol. The number of hydrogen-bond donors (Lipinski definition) is 2. The fraction of sp³-hybridized carbons (Fsp3) is 0.353. The van der Waals surface area contributed by atoms with Crippen LogP contribution < -0.4 is 0 Å². The molecule has 2 heterocycles. The van der Waals surface area contributed by atoms with Crippen LogP contribution in [0.15, 0.2) is 24.3 Å². The summed E-state index contributed by atoms with van der Waals surface area (Å²) in [6, 6.07) is 6.55. The number of H-pyrrole nitrogens is 1. The van der Waals surface area contributed by atoms with Crippen LogP contribution in [0.1, 0.15) is 16.8 Å². The summed E-state index contributed by atoms with van der Waals surface area (Å²) in [4.78, 5) is 17.0. The first-order chi connectivity index (χ1) is 10.1. The smallest absolute Gasteiger partial charge is 0.311 e. The monoisotopic (exact) mass is 282 g/mol. The van der Waals surface area contributed by atoms with E-state index in [9.17, 15) is 9.90 Å². The second-order valence-corrected chi connectivity index (χ2v) is 6.18. The quantitative estimate of drug-likeness (QED) is 0.844. The number of hydrogen-bond acceptors (Lipinski definition) is 2. The van der Waals surface area contributed by atoms with Crippen molar-refractivity contribution >= 4 is 22.4 Å². The van der Waals surface area contributed by atoms with Crippen molar-refractivity contribution in [1.29, 1.82) is 0 Å². The van der Waals surface area contributed by atoms with Gasteiger partial charge in [-0.3, -0.25) is 9.69 Å². The van der Waals surface area contributed by atoms with Crippen LogP contribution in [-0.2, 0) is 11.2 Å². The number of likely N-dealkylation sites (N-methyl/N-ethyl adjacent to an activating group) is 1. The van der Waals surface area contributed by atoms with Gasteiger partial charge in [0.2, 0.25) is 0 Å². The highest BCUT2D eigenvalue weighted by atomic mass is 16.4. The lowest BCUT2D eigenvalue weighted by Crippen LogP contribution is -2.44. The van der Waals surface area contributed by atoms with Crippen molar-refractivity contribution in [3.8, 4) is 0 Å². The van der Waals surface area contributed by atoms with Crippen molar-refractivity contribution < 1.29 is 9.90 Å². The summed E-state index contributed by atoms with van der Waals surface area (Å²) in [5.41, 5.74) is 6.13. The van der Waals surface area contributed by atoms with Crippen LogP contribution in [0.4, 0.5) is 0 Å². The molecule has 21 heavy (non-hydrogen) atoms. The molecule has 2 N–H and O–H groups in total. The van der Waals surface area contributed by atoms with Gasteiger partial charge >= 0.3 is 5.97 Å². The molecule has 0 fully saturated rings. The number of benzene rings is 1. The number of aromatic nitrogens is 1. The number of aromatic amines is 1. The third-order valence-corrected chi connectivity index (χ3v) is 4.92. The van der Waals surface area contributed by atoms with Gasteiger partial charge in [0.05, 0.1) is 5.92 Å². The van der Waals surface area contributed by atoms with E-state index < -0.39 is 11.9 Å². The van der Waals surface area contributed by atoms with E-state index in [1.165, 1.54) is 27.8 Å². The number of fused-ring (bicyclic) bond motifs is 2. The maximum Gasteiger partial charge on any atom is 0.311 e. The summed E-state index contributed by atoms with van der Waals surface area (Å²) in [6.07, 6.45) is 2.92. The van der Waals surface area contributed by atoms with E-state index >= 15 is 0 Å². The number of carboxylic acid groups (broad SMARTS) is 1. The van der Waals surface area contributed by atoms with E-state index in [0.717, 1.165) is 11.9 Å². The number of carbonyl (C=O) groups is 1. The normalized spacial score (nSPS) is 24.8. The van der Waals surface area contributed by atoms with Gasteiger partial charge in [0, 0.05) is 29.2 Å². The largest absolute Gasteiger partial charge is 0.481 e. The van der Waals surface area contributed by atoms with Gasteiger partial charge in [-0.2, -0.15) is 0 Å². The van der Waals surface area contributed by atoms with Crippen molar-refractivity contribution in [2.45, 2.75) is 19.4 Å². The molecule has 2 aromatic rings. The molecule has 0 amide bonds. The number of nitrogens with zero attached hydrogens (tertiary/aromatic N) is 1. The lowest BCUT2D eigenvalue weighted by molar-refractivity contribution is -0.140. The molecule has 1 aromatic heterocycles. The molecule has 1 aliphatic carbocycles. The number of aliphatic carboxylic acids is 1. The summed E-state index contributed by atoms with van der Waals surface area (Å²) in [5, 5.41) is 10.6. The van der Waals surface area contributed by atoms with Gasteiger partial charge in [-0.25, -0.2) is 0 Å². The predicted octanol–water partition coefficient (Wildman–Crippen LogP) is 2.43. The molecule has 4 heteroatoms. The van der Waals surface area contributed by atoms with Crippen LogP contribution in [0.25, 0.3) is 16.5 Å². The highest BCUT2D eigenvalue weighted by Crippen LogP contribution is 2.41. The summed E-state index contributed by atoms with van der Waals surface area (Å²) in [5.74, 6) is -1.16. The zero-order valence-corrected chi connectivity index (χ0v) is 12.2. The minimum Gasteiger partial charge on any atom is -0.481 e. The van der Waals surface area contributed by atoms with Crippen LogP contribution in [0.3, 0.4) is 0 Å². The number of aryl methyl sites for hydroxylation is 1. The first-order valence-corrected chi connectivity index (χ1v) is 7.31. The van der Waals surface area contributed by atoms with E-state index in [-0.39, 0.29) is 6.04 Å². The van der Waals surface area contributed by atoms with Crippen LogP contribution >= 0.6 is 0 Å². The molecule has 0 radical (unpaired) electrons. The minimum absolute atomic E-state index is 0.285. The Morgan fingerprint density at radius 3 is 3.00 bits per heavy atom. The zero-order valence-electron chi connectivity index (χ0n) is 12.2. The Bertz CT molecular complexity index is 787. The standard InChI is InChI=1S/C17H18N2O2/c1-9-12-7-15-13(6-10(17(20)21)8-19(15)2)11-4-3-5-14(18-9)16(11)12/h3-6,10,15,18H,7-8H2,1-2H3,(H,20,21)/t10?,15-/m1/s1. The second-order valence-electron chi connectivity index (χ2n) is 6.18. The molecule has 2 aliphatic rings. The maximum absolute atomic E-state index is 11.4. The van der Waals surface area contributed by atoms with E-state index in [0.29, 0.717) is 6.54 Å². The summed E-state index contributed by atoms with van der Waals surface area (Å²) in [7, 11) is 2.03. The molecule has 1 aromatic carbocycles. The van der Waals surface area contributed by atoms with Crippen molar-refractivity contribution in [3.05, 3.63) is 41.1 Å². The fourth-order valence-corrected chi connectivity index (χ4v) is 3.88. The van der Waals surface area contributed by atoms with Crippen molar-refractivity contribution in [3.63, 3.8) is 0 Å². The summed E-state index contributed by atoms with van der Waals surface area (Å²) in [6.45, 7) is 2.70. The van der Waals surface area contributed by atoms with Crippen LogP contribution in [-0.4, -0.2) is 40.6 Å². The third kappa shape index (κ3) is 1.69. The topological polar surface area (TPSA) is 56.3 Å². The molecule has 0 saturated heterocycles. The van der Waals surface area contributed by atoms with E-state index in [1.54, 1.807) is 0 Å². The number of nitrogens with one attached hydrogen (secondary N) is 1. The van der Waals surface area contributed by atoms with Crippen molar-refractivity contribution in [1.82, 2.24) is 9.88 Å². The van der Waals surface area contributed by atoms with Crippen molar-refractivity contribution in [2.24, 2.45) is 5.92 Å². The number of rotatable bonds is 1. The molecular formula is C17H18N2O2. The van der Waals surface area contributed by atoms with Gasteiger partial charge < -0.3 is 10.1 Å². The maximum atomic E-state index is 11.4. The SMILES string of the molecule is Cc1[nH]c2cccc3c2c1C[C@@H]1C3=CC(C(=O)O)CN1C. The summed E-state index contributed by atoms with van der Waals surface area (Å²) >= 11 is 0. The third-order valence-electron chi connectivity index (χ3n) is 4.92. The van der Waals surface area contributed by atoms with Crippen LogP contribution in [0, 0.1) is 12.8 Å². The van der Waals surface area contributed by atoms with Gasteiger partial charge in [0.15, 0.2) is 0 Å². The van der Waals surface area contributed by atoms with Gasteiger partial charge in [-0.15, -0.1) is 0 Å². The molecule has 1 aliphatic heterocycles. The van der Waals surface area contributed by atoms with Gasteiger partial charge in [-0.05, 0) is 43.2 Å². The van der Waals surface area contributed by atoms with Crippen LogP contribution in [0.5, 0.6) is 0 Å². The Balaban J connectivity index is 1.99. The molecule has 2 atom stereocenters. The minimum atomic E-state index is -0.740. The van der Waals surface area contributed by atoms with E-state index in [1.807, 2.05) is 19.2 Å². The molecule has 108 valence electrons. The molecule has 4 nitrogen and oxygen atoms in total. The van der Waals surface area contributed by atoms with E-state index in [4.69, 9.17) is 0 Å². The lowest BCUT2D eigenvalue weighted by atomic mass is 9.79. The highest BCUT2D eigenvalue weighted by molar-refractivity contribution is 5.99. The van der Waals surface area contributed by atoms with Gasteiger partial charge in [-0.1, -0.05) is 18.2 Å². The Hall–Kier alpha value is -2.07. The summed E-state index contributed by atoms with van der Waals surface area (Å²) < 4.78 is 0. The number of carboxylic acids is 1. The Morgan fingerprint density at radius 1 is 1.43 bits per heavy atom. The van der Waals surface area contributed by atoms with Gasteiger partial charge in [0.25, 0.3) is 0 Å². The molecule has 0 saturated carbocycles. The molecule has 0 spiro atoms. The highest BCUT2D eigenvalue weighted by Gasteiger charge is 2.36. The lowest BCUT2D eigenvalue weighted by Gasteiger charge is -2.39. The Kier molecular flexibility index (Phi) is 2.54. The van der Waals surface area contributed by atoms with E-state index in [2.05, 4.69) is 28.9 Å². The van der Waals surface area contributed by atoms with Gasteiger partial charge in [0.1, 0.15) is 0 Å². The second kappa shape index (κ2) is 4.21. The average Bonchev–Trinajstić information content (AvgIpc) is 2.77. The average molecular weight is 282 g/mol. The zero-order chi connectivity index (χ0) is 14.7. The predicted molar refractivity (Wildman–Crippen MR) is 82.3 cm³/mol. The Labute approximate surface area is 123 Å². The first kappa shape index (κ1) is 12.7. The van der Waals surface area contributed by atoms with Crippen LogP contribution in [0.2, 0.25) is 0 Å².